The fourth-order valence-corrected chi connectivity index (χ4v) is 2.40. The second-order valence-corrected chi connectivity index (χ2v) is 4.62. The van der Waals surface area contributed by atoms with Crippen molar-refractivity contribution in [1.29, 1.82) is 0 Å². The van der Waals surface area contributed by atoms with E-state index in [-0.39, 0.29) is 12.2 Å². The minimum absolute atomic E-state index is 0.123. The van der Waals surface area contributed by atoms with Crippen molar-refractivity contribution in [2.24, 2.45) is 0 Å². The summed E-state index contributed by atoms with van der Waals surface area (Å²) in [4.78, 5) is 12.1. The number of methoxy groups -OCH3 is 1. The average molecular weight is 272 g/mol. The van der Waals surface area contributed by atoms with Crippen LogP contribution in [0.15, 0.2) is 42.5 Å². The standard InChI is InChI=1S/C16H13FO3/c1-19-14-5-3-2-4-11(14)16-9-13(18)12-8-10(17)6-7-15(12)20-16/h2-8,16H,9H2,1H3. The van der Waals surface area contributed by atoms with Gasteiger partial charge in [-0.1, -0.05) is 18.2 Å². The van der Waals surface area contributed by atoms with Crippen LogP contribution in [-0.4, -0.2) is 12.9 Å². The first-order valence-corrected chi connectivity index (χ1v) is 6.31. The number of fused-ring (bicyclic) bond motifs is 1. The van der Waals surface area contributed by atoms with E-state index in [0.29, 0.717) is 17.1 Å². The van der Waals surface area contributed by atoms with E-state index in [1.54, 1.807) is 7.11 Å². The van der Waals surface area contributed by atoms with Gasteiger partial charge < -0.3 is 9.47 Å². The molecule has 0 radical (unpaired) electrons. The Morgan fingerprint density at radius 3 is 2.85 bits per heavy atom. The molecule has 0 spiro atoms. The maximum absolute atomic E-state index is 13.2. The van der Waals surface area contributed by atoms with Gasteiger partial charge in [0, 0.05) is 5.56 Å². The van der Waals surface area contributed by atoms with Crippen LogP contribution >= 0.6 is 0 Å². The number of Topliss-reactive ketones (excluding diaryl/α,β-unsaturated/α-hetero) is 1. The first-order valence-electron chi connectivity index (χ1n) is 6.31. The van der Waals surface area contributed by atoms with Crippen molar-refractivity contribution in [3.8, 4) is 11.5 Å². The minimum atomic E-state index is -0.434. The molecule has 0 bridgehead atoms. The Hall–Kier alpha value is -2.36. The lowest BCUT2D eigenvalue weighted by Crippen LogP contribution is -2.21. The van der Waals surface area contributed by atoms with Crippen LogP contribution in [0.25, 0.3) is 0 Å². The molecule has 0 saturated heterocycles. The van der Waals surface area contributed by atoms with Crippen molar-refractivity contribution in [3.63, 3.8) is 0 Å². The Bertz CT molecular complexity index is 667. The lowest BCUT2D eigenvalue weighted by molar-refractivity contribution is 0.0846. The normalized spacial score (nSPS) is 17.3. The third kappa shape index (κ3) is 2.13. The smallest absolute Gasteiger partial charge is 0.170 e. The summed E-state index contributed by atoms with van der Waals surface area (Å²) in [5.74, 6) is 0.535. The maximum Gasteiger partial charge on any atom is 0.170 e. The summed E-state index contributed by atoms with van der Waals surface area (Å²) >= 11 is 0. The highest BCUT2D eigenvalue weighted by Crippen LogP contribution is 2.38. The molecule has 1 heterocycles. The van der Waals surface area contributed by atoms with Crippen molar-refractivity contribution < 1.29 is 18.7 Å². The van der Waals surface area contributed by atoms with Gasteiger partial charge >= 0.3 is 0 Å². The first-order chi connectivity index (χ1) is 9.69. The van der Waals surface area contributed by atoms with Gasteiger partial charge in [0.15, 0.2) is 5.78 Å². The van der Waals surface area contributed by atoms with Gasteiger partial charge in [-0.2, -0.15) is 0 Å². The van der Waals surface area contributed by atoms with Crippen molar-refractivity contribution in [3.05, 3.63) is 59.4 Å². The molecule has 20 heavy (non-hydrogen) atoms. The number of hydrogen-bond acceptors (Lipinski definition) is 3. The quantitative estimate of drug-likeness (QED) is 0.838. The highest BCUT2D eigenvalue weighted by molar-refractivity contribution is 6.00. The van der Waals surface area contributed by atoms with Crippen LogP contribution in [0.2, 0.25) is 0 Å². The molecule has 0 fully saturated rings. The Morgan fingerprint density at radius 2 is 2.05 bits per heavy atom. The molecule has 1 aliphatic rings. The largest absolute Gasteiger partial charge is 0.496 e. The van der Waals surface area contributed by atoms with Crippen molar-refractivity contribution in [1.82, 2.24) is 0 Å². The Labute approximate surface area is 115 Å². The third-order valence-corrected chi connectivity index (χ3v) is 3.37. The van der Waals surface area contributed by atoms with E-state index in [0.717, 1.165) is 5.56 Å². The van der Waals surface area contributed by atoms with E-state index in [4.69, 9.17) is 9.47 Å². The summed E-state index contributed by atoms with van der Waals surface area (Å²) < 4.78 is 24.3. The van der Waals surface area contributed by atoms with E-state index >= 15 is 0 Å². The zero-order valence-corrected chi connectivity index (χ0v) is 10.9. The summed E-state index contributed by atoms with van der Waals surface area (Å²) in [6.07, 6.45) is -0.229. The van der Waals surface area contributed by atoms with Crippen LogP contribution in [-0.2, 0) is 0 Å². The Morgan fingerprint density at radius 1 is 1.25 bits per heavy atom. The molecular formula is C16H13FO3. The van der Waals surface area contributed by atoms with Gasteiger partial charge in [-0.05, 0) is 24.3 Å². The number of ketones is 1. The topological polar surface area (TPSA) is 35.5 Å². The van der Waals surface area contributed by atoms with E-state index in [2.05, 4.69) is 0 Å². The van der Waals surface area contributed by atoms with Crippen molar-refractivity contribution in [2.45, 2.75) is 12.5 Å². The molecule has 1 unspecified atom stereocenters. The summed E-state index contributed by atoms with van der Waals surface area (Å²) in [6, 6.07) is 11.4. The monoisotopic (exact) mass is 272 g/mol. The van der Waals surface area contributed by atoms with Gasteiger partial charge in [-0.3, -0.25) is 4.79 Å². The predicted octanol–water partition coefficient (Wildman–Crippen LogP) is 3.54. The average Bonchev–Trinajstić information content (AvgIpc) is 2.47. The van der Waals surface area contributed by atoms with E-state index in [1.165, 1.54) is 18.2 Å². The van der Waals surface area contributed by atoms with Crippen LogP contribution < -0.4 is 9.47 Å². The number of carbonyl (C=O) groups is 1. The number of para-hydroxylation sites is 1. The van der Waals surface area contributed by atoms with Gasteiger partial charge in [0.25, 0.3) is 0 Å². The first kappa shape index (κ1) is 12.7. The molecule has 0 N–H and O–H groups in total. The number of halogens is 1. The van der Waals surface area contributed by atoms with Crippen LogP contribution in [0, 0.1) is 5.82 Å². The van der Waals surface area contributed by atoms with Crippen LogP contribution in [0.5, 0.6) is 11.5 Å². The molecular weight excluding hydrogens is 259 g/mol. The minimum Gasteiger partial charge on any atom is -0.496 e. The second-order valence-electron chi connectivity index (χ2n) is 4.62. The third-order valence-electron chi connectivity index (χ3n) is 3.37. The molecule has 4 heteroatoms. The summed E-state index contributed by atoms with van der Waals surface area (Å²) in [5.41, 5.74) is 1.12. The molecule has 102 valence electrons. The molecule has 2 aromatic rings. The molecule has 3 rings (SSSR count). The Kier molecular flexibility index (Phi) is 3.14. The fourth-order valence-electron chi connectivity index (χ4n) is 2.40. The summed E-state index contributed by atoms with van der Waals surface area (Å²) in [6.45, 7) is 0. The highest BCUT2D eigenvalue weighted by Gasteiger charge is 2.29. The molecule has 2 aromatic carbocycles. The van der Waals surface area contributed by atoms with Crippen LogP contribution in [0.1, 0.15) is 28.4 Å². The highest BCUT2D eigenvalue weighted by atomic mass is 19.1. The number of benzene rings is 2. The number of ether oxygens (including phenoxy) is 2. The fraction of sp³-hybridized carbons (Fsp3) is 0.188. The van der Waals surface area contributed by atoms with Crippen LogP contribution in [0.4, 0.5) is 4.39 Å². The molecule has 1 atom stereocenters. The lowest BCUT2D eigenvalue weighted by atomic mass is 9.96. The van der Waals surface area contributed by atoms with Gasteiger partial charge in [0.2, 0.25) is 0 Å². The molecule has 0 aliphatic carbocycles. The lowest BCUT2D eigenvalue weighted by Gasteiger charge is -2.26. The van der Waals surface area contributed by atoms with Crippen molar-refractivity contribution in [2.75, 3.05) is 7.11 Å². The van der Waals surface area contributed by atoms with Crippen molar-refractivity contribution >= 4 is 5.78 Å². The zero-order chi connectivity index (χ0) is 14.1. The summed E-state index contributed by atoms with van der Waals surface area (Å²) in [5, 5.41) is 0. The second kappa shape index (κ2) is 4.96. The van der Waals surface area contributed by atoms with E-state index in [1.807, 2.05) is 24.3 Å². The number of rotatable bonds is 2. The molecule has 3 nitrogen and oxygen atoms in total. The van der Waals surface area contributed by atoms with E-state index < -0.39 is 11.9 Å². The van der Waals surface area contributed by atoms with E-state index in [9.17, 15) is 9.18 Å². The molecule has 0 amide bonds. The van der Waals surface area contributed by atoms with Gasteiger partial charge in [-0.25, -0.2) is 4.39 Å². The predicted molar refractivity (Wildman–Crippen MR) is 71.7 cm³/mol. The van der Waals surface area contributed by atoms with Gasteiger partial charge in [0.05, 0.1) is 19.1 Å². The zero-order valence-electron chi connectivity index (χ0n) is 10.9. The Balaban J connectivity index is 1.99. The SMILES string of the molecule is COc1ccccc1C1CC(=O)c2cc(F)ccc2O1. The molecule has 0 saturated carbocycles. The number of carbonyl (C=O) groups excluding carboxylic acids is 1. The molecule has 1 aliphatic heterocycles. The number of hydrogen-bond donors (Lipinski definition) is 0. The maximum atomic E-state index is 13.2. The molecule has 0 aromatic heterocycles. The van der Waals surface area contributed by atoms with Crippen LogP contribution in [0.3, 0.4) is 0 Å². The van der Waals surface area contributed by atoms with Gasteiger partial charge in [0.1, 0.15) is 23.4 Å². The van der Waals surface area contributed by atoms with Gasteiger partial charge in [-0.15, -0.1) is 0 Å². The summed E-state index contributed by atoms with van der Waals surface area (Å²) in [7, 11) is 1.58.